The van der Waals surface area contributed by atoms with E-state index >= 15 is 0 Å². The second-order valence-electron chi connectivity index (χ2n) is 5.77. The van der Waals surface area contributed by atoms with E-state index in [9.17, 15) is 13.6 Å². The molecule has 0 unspecified atom stereocenters. The number of carbonyl (C=O) groups is 1. The number of anilines is 3. The summed E-state index contributed by atoms with van der Waals surface area (Å²) in [7, 11) is 2.07. The molecule has 25 heavy (non-hydrogen) atoms. The Labute approximate surface area is 143 Å². The van der Waals surface area contributed by atoms with Crippen LogP contribution in [-0.4, -0.2) is 54.1 Å². The summed E-state index contributed by atoms with van der Waals surface area (Å²) in [5.41, 5.74) is 0.546. The van der Waals surface area contributed by atoms with Crippen molar-refractivity contribution < 1.29 is 13.6 Å². The third-order valence-corrected chi connectivity index (χ3v) is 3.86. The van der Waals surface area contributed by atoms with Crippen molar-refractivity contribution in [2.75, 3.05) is 48.8 Å². The third-order valence-electron chi connectivity index (χ3n) is 3.86. The lowest BCUT2D eigenvalue weighted by atomic mass is 10.3. The Kier molecular flexibility index (Phi) is 5.03. The fourth-order valence-electron chi connectivity index (χ4n) is 2.42. The van der Waals surface area contributed by atoms with E-state index in [-0.39, 0.29) is 5.69 Å². The molecule has 1 aromatic heterocycles. The van der Waals surface area contributed by atoms with E-state index in [4.69, 9.17) is 0 Å². The number of halogens is 2. The van der Waals surface area contributed by atoms with Gasteiger partial charge in [0.1, 0.15) is 0 Å². The van der Waals surface area contributed by atoms with Crippen molar-refractivity contribution in [3.05, 3.63) is 42.2 Å². The van der Waals surface area contributed by atoms with Crippen molar-refractivity contribution in [2.24, 2.45) is 0 Å². The van der Waals surface area contributed by atoms with Crippen molar-refractivity contribution in [3.8, 4) is 0 Å². The molecule has 1 aliphatic heterocycles. The van der Waals surface area contributed by atoms with Gasteiger partial charge in [0.25, 0.3) is 0 Å². The van der Waals surface area contributed by atoms with Crippen LogP contribution in [0.3, 0.4) is 0 Å². The Hall–Kier alpha value is -2.81. The number of likely N-dealkylation sites (N-methyl/N-ethyl adjacent to an activating group) is 1. The maximum absolute atomic E-state index is 13.1. The van der Waals surface area contributed by atoms with Crippen molar-refractivity contribution in [1.82, 2.24) is 14.9 Å². The molecule has 2 N–H and O–H groups in total. The lowest BCUT2D eigenvalue weighted by molar-refractivity contribution is 0.262. The van der Waals surface area contributed by atoms with Crippen LogP contribution in [0.2, 0.25) is 0 Å². The fraction of sp³-hybridized carbons (Fsp3) is 0.312. The van der Waals surface area contributed by atoms with Crippen LogP contribution in [0.25, 0.3) is 0 Å². The molecule has 0 aliphatic carbocycles. The van der Waals surface area contributed by atoms with Crippen LogP contribution < -0.4 is 15.5 Å². The van der Waals surface area contributed by atoms with Gasteiger partial charge < -0.3 is 20.4 Å². The van der Waals surface area contributed by atoms with Crippen LogP contribution in [-0.2, 0) is 0 Å². The number of aromatic nitrogens is 2. The third kappa shape index (κ3) is 4.38. The van der Waals surface area contributed by atoms with Gasteiger partial charge in [-0.3, -0.25) is 0 Å². The molecule has 1 aromatic carbocycles. The molecular formula is C16H18F2N6O. The number of hydrogen-bond donors (Lipinski definition) is 2. The molecule has 132 valence electrons. The minimum absolute atomic E-state index is 0.145. The first-order valence-corrected chi connectivity index (χ1v) is 7.80. The van der Waals surface area contributed by atoms with E-state index in [0.717, 1.165) is 38.3 Å². The first-order valence-electron chi connectivity index (χ1n) is 7.80. The maximum atomic E-state index is 13.1. The average Bonchev–Trinajstić information content (AvgIpc) is 2.60. The van der Waals surface area contributed by atoms with E-state index in [0.29, 0.717) is 11.6 Å². The van der Waals surface area contributed by atoms with Crippen molar-refractivity contribution in [3.63, 3.8) is 0 Å². The van der Waals surface area contributed by atoms with Gasteiger partial charge in [-0.05, 0) is 19.2 Å². The Morgan fingerprint density at radius 3 is 2.28 bits per heavy atom. The normalized spacial score (nSPS) is 15.1. The molecule has 2 amide bonds. The monoisotopic (exact) mass is 348 g/mol. The number of nitrogens with zero attached hydrogens (tertiary/aromatic N) is 4. The van der Waals surface area contributed by atoms with Crippen LogP contribution in [0, 0.1) is 11.6 Å². The molecule has 0 atom stereocenters. The highest BCUT2D eigenvalue weighted by Crippen LogP contribution is 2.15. The molecule has 2 heterocycles. The molecule has 0 saturated carbocycles. The van der Waals surface area contributed by atoms with Crippen LogP contribution in [0.4, 0.5) is 30.9 Å². The topological polar surface area (TPSA) is 73.4 Å². The Bertz CT molecular complexity index is 747. The molecule has 0 radical (unpaired) electrons. The van der Waals surface area contributed by atoms with E-state index in [1.165, 1.54) is 18.5 Å². The van der Waals surface area contributed by atoms with Gasteiger partial charge in [0.2, 0.25) is 5.95 Å². The smallest absolute Gasteiger partial charge is 0.323 e. The molecule has 1 saturated heterocycles. The van der Waals surface area contributed by atoms with Gasteiger partial charge in [0.15, 0.2) is 11.6 Å². The fourth-order valence-corrected chi connectivity index (χ4v) is 2.42. The van der Waals surface area contributed by atoms with Gasteiger partial charge in [-0.25, -0.2) is 23.5 Å². The quantitative estimate of drug-likeness (QED) is 0.889. The summed E-state index contributed by atoms with van der Waals surface area (Å²) >= 11 is 0. The summed E-state index contributed by atoms with van der Waals surface area (Å²) in [6.07, 6.45) is 3.01. The molecule has 0 bridgehead atoms. The van der Waals surface area contributed by atoms with Crippen molar-refractivity contribution in [2.45, 2.75) is 0 Å². The number of benzene rings is 1. The average molecular weight is 348 g/mol. The molecule has 7 nitrogen and oxygen atoms in total. The van der Waals surface area contributed by atoms with E-state index in [1.807, 2.05) is 0 Å². The number of carbonyl (C=O) groups excluding carboxylic acids is 1. The SMILES string of the molecule is CN1CCN(c2ncc(NC(=O)Nc3ccc(F)c(F)c3)cn2)CC1. The van der Waals surface area contributed by atoms with Gasteiger partial charge in [0, 0.05) is 37.9 Å². The van der Waals surface area contributed by atoms with E-state index < -0.39 is 17.7 Å². The van der Waals surface area contributed by atoms with Crippen LogP contribution in [0.1, 0.15) is 0 Å². The highest BCUT2D eigenvalue weighted by Gasteiger charge is 2.16. The predicted octanol–water partition coefficient (Wildman–Crippen LogP) is 2.15. The summed E-state index contributed by atoms with van der Waals surface area (Å²) in [5.74, 6) is -1.39. The molecule has 0 spiro atoms. The standard InChI is InChI=1S/C16H18F2N6O/c1-23-4-6-24(7-5-23)15-19-9-12(10-20-15)22-16(25)21-11-2-3-13(17)14(18)8-11/h2-3,8-10H,4-7H2,1H3,(H2,21,22,25). The zero-order valence-electron chi connectivity index (χ0n) is 13.7. The molecule has 9 heteroatoms. The zero-order chi connectivity index (χ0) is 17.8. The highest BCUT2D eigenvalue weighted by molar-refractivity contribution is 5.99. The lowest BCUT2D eigenvalue weighted by Gasteiger charge is -2.32. The number of amides is 2. The van der Waals surface area contributed by atoms with Crippen LogP contribution >= 0.6 is 0 Å². The van der Waals surface area contributed by atoms with Crippen LogP contribution in [0.5, 0.6) is 0 Å². The number of piperazine rings is 1. The van der Waals surface area contributed by atoms with Gasteiger partial charge in [-0.2, -0.15) is 0 Å². The lowest BCUT2D eigenvalue weighted by Crippen LogP contribution is -2.45. The Morgan fingerprint density at radius 2 is 1.64 bits per heavy atom. The Morgan fingerprint density at radius 1 is 1.00 bits per heavy atom. The van der Waals surface area contributed by atoms with Gasteiger partial charge >= 0.3 is 6.03 Å². The minimum atomic E-state index is -1.03. The second-order valence-corrected chi connectivity index (χ2v) is 5.77. The summed E-state index contributed by atoms with van der Waals surface area (Å²) in [5, 5.41) is 4.96. The summed E-state index contributed by atoms with van der Waals surface area (Å²) in [4.78, 5) is 24.7. The molecule has 1 fully saturated rings. The van der Waals surface area contributed by atoms with Crippen molar-refractivity contribution >= 4 is 23.4 Å². The van der Waals surface area contributed by atoms with Gasteiger partial charge in [-0.1, -0.05) is 0 Å². The second kappa shape index (κ2) is 7.39. The first kappa shape index (κ1) is 17.0. The highest BCUT2D eigenvalue weighted by atomic mass is 19.2. The van der Waals surface area contributed by atoms with Crippen molar-refractivity contribution in [1.29, 1.82) is 0 Å². The first-order chi connectivity index (χ1) is 12.0. The largest absolute Gasteiger partial charge is 0.338 e. The van der Waals surface area contributed by atoms with E-state index in [1.54, 1.807) is 0 Å². The number of urea groups is 1. The zero-order valence-corrected chi connectivity index (χ0v) is 13.7. The summed E-state index contributed by atoms with van der Waals surface area (Å²) in [6.45, 7) is 3.58. The van der Waals surface area contributed by atoms with E-state index in [2.05, 4.69) is 37.4 Å². The Balaban J connectivity index is 1.57. The minimum Gasteiger partial charge on any atom is -0.338 e. The predicted molar refractivity (Wildman–Crippen MR) is 90.7 cm³/mol. The molecular weight excluding hydrogens is 330 g/mol. The molecule has 3 rings (SSSR count). The molecule has 2 aromatic rings. The number of hydrogen-bond acceptors (Lipinski definition) is 5. The summed E-state index contributed by atoms with van der Waals surface area (Å²) < 4.78 is 26.0. The van der Waals surface area contributed by atoms with Gasteiger partial charge in [0.05, 0.1) is 18.1 Å². The van der Waals surface area contributed by atoms with Gasteiger partial charge in [-0.15, -0.1) is 0 Å². The maximum Gasteiger partial charge on any atom is 0.323 e. The number of rotatable bonds is 3. The van der Waals surface area contributed by atoms with Crippen LogP contribution in [0.15, 0.2) is 30.6 Å². The summed E-state index contributed by atoms with van der Waals surface area (Å²) in [6, 6.07) is 2.52. The number of nitrogens with one attached hydrogen (secondary N) is 2. The molecule has 1 aliphatic rings.